The molecule has 194 valence electrons. The van der Waals surface area contributed by atoms with Gasteiger partial charge in [-0.05, 0) is 51.1 Å². The minimum atomic E-state index is -4.27. The van der Waals surface area contributed by atoms with Crippen molar-refractivity contribution in [3.8, 4) is 5.75 Å². The highest BCUT2D eigenvalue weighted by atomic mass is 32.2. The normalized spacial score (nSPS) is 10.8. The van der Waals surface area contributed by atoms with E-state index in [-0.39, 0.29) is 34.4 Å². The van der Waals surface area contributed by atoms with Gasteiger partial charge in [-0.1, -0.05) is 0 Å². The summed E-state index contributed by atoms with van der Waals surface area (Å²) in [6.07, 6.45) is 0.999. The van der Waals surface area contributed by atoms with Gasteiger partial charge < -0.3 is 19.7 Å². The molecule has 0 aliphatic heterocycles. The van der Waals surface area contributed by atoms with E-state index >= 15 is 0 Å². The number of carbonyl (C=O) groups excluding carboxylic acids is 4. The molecule has 0 unspecified atom stereocenters. The van der Waals surface area contributed by atoms with Crippen molar-refractivity contribution in [1.29, 1.82) is 0 Å². The molecule has 0 atom stereocenters. The zero-order valence-corrected chi connectivity index (χ0v) is 21.2. The fourth-order valence-electron chi connectivity index (χ4n) is 3.05. The molecule has 0 spiro atoms. The van der Waals surface area contributed by atoms with Crippen molar-refractivity contribution in [3.05, 3.63) is 53.3 Å². The Morgan fingerprint density at radius 1 is 0.972 bits per heavy atom. The number of esters is 1. The molecule has 0 fully saturated rings. The average molecular weight is 521 g/mol. The Balaban J connectivity index is 2.16. The molecule has 0 aliphatic rings. The number of nitrogens with zero attached hydrogens (tertiary/aromatic N) is 2. The Kier molecular flexibility index (Phi) is 9.91. The number of hydrogen-bond acceptors (Lipinski definition) is 9. The quantitative estimate of drug-likeness (QED) is 0.412. The van der Waals surface area contributed by atoms with Crippen LogP contribution in [0, 0.1) is 0 Å². The molecule has 1 aromatic heterocycles. The van der Waals surface area contributed by atoms with E-state index in [1.165, 1.54) is 31.4 Å². The Morgan fingerprint density at radius 2 is 1.61 bits per heavy atom. The predicted molar refractivity (Wildman–Crippen MR) is 128 cm³/mol. The van der Waals surface area contributed by atoms with E-state index in [4.69, 9.17) is 9.47 Å². The second-order valence-corrected chi connectivity index (χ2v) is 8.88. The first kappa shape index (κ1) is 28.2. The summed E-state index contributed by atoms with van der Waals surface area (Å²) in [7, 11) is -3.04. The molecule has 0 saturated heterocycles. The maximum Gasteiger partial charge on any atom is 0.325 e. The summed E-state index contributed by atoms with van der Waals surface area (Å²) in [5.74, 6) is -2.75. The first-order chi connectivity index (χ1) is 17.1. The molecule has 0 radical (unpaired) electrons. The van der Waals surface area contributed by atoms with Crippen LogP contribution in [0.5, 0.6) is 5.75 Å². The van der Waals surface area contributed by atoms with Gasteiger partial charge in [-0.25, -0.2) is 18.1 Å². The molecular formula is C23H28N4O8S. The van der Waals surface area contributed by atoms with Crippen LogP contribution in [0.2, 0.25) is 0 Å². The third-order valence-electron chi connectivity index (χ3n) is 4.94. The number of sulfonamides is 1. The number of pyridine rings is 1. The first-order valence-electron chi connectivity index (χ1n) is 11.0. The van der Waals surface area contributed by atoms with Crippen molar-refractivity contribution in [2.75, 3.05) is 33.4 Å². The molecule has 1 heterocycles. The van der Waals surface area contributed by atoms with Gasteiger partial charge in [-0.2, -0.15) is 0 Å². The highest BCUT2D eigenvalue weighted by molar-refractivity contribution is 7.90. The van der Waals surface area contributed by atoms with Gasteiger partial charge in [0.2, 0.25) is 0 Å². The smallest absolute Gasteiger partial charge is 0.325 e. The van der Waals surface area contributed by atoms with Crippen molar-refractivity contribution < 1.29 is 37.1 Å². The number of hydrogen-bond donors (Lipinski definition) is 2. The van der Waals surface area contributed by atoms with Gasteiger partial charge >= 0.3 is 5.97 Å². The molecule has 0 saturated carbocycles. The number of ether oxygens (including phenoxy) is 2. The number of benzene rings is 1. The number of rotatable bonds is 11. The van der Waals surface area contributed by atoms with E-state index in [9.17, 15) is 27.6 Å². The molecule has 13 heteroatoms. The van der Waals surface area contributed by atoms with E-state index in [0.717, 1.165) is 12.3 Å². The number of nitrogens with one attached hydrogen (secondary N) is 2. The maximum atomic E-state index is 12.7. The van der Waals surface area contributed by atoms with Crippen LogP contribution in [0.25, 0.3) is 0 Å². The summed E-state index contributed by atoms with van der Waals surface area (Å²) in [5, 5.41) is 2.31. The third-order valence-corrected chi connectivity index (χ3v) is 6.28. The van der Waals surface area contributed by atoms with Gasteiger partial charge in [0, 0.05) is 24.8 Å². The fraction of sp³-hybridized carbons (Fsp3) is 0.348. The molecule has 12 nitrogen and oxygen atoms in total. The Hall–Kier alpha value is -4.00. The molecule has 0 bridgehead atoms. The van der Waals surface area contributed by atoms with Crippen molar-refractivity contribution in [1.82, 2.24) is 19.9 Å². The number of methoxy groups -OCH3 is 1. The number of amides is 3. The molecule has 0 aliphatic carbocycles. The molecule has 2 rings (SSSR count). The van der Waals surface area contributed by atoms with Gasteiger partial charge in [-0.15, -0.1) is 0 Å². The first-order valence-corrected chi connectivity index (χ1v) is 12.5. The van der Waals surface area contributed by atoms with Crippen LogP contribution in [0.3, 0.4) is 0 Å². The standard InChI is InChI=1S/C23H28N4O8S/c1-5-27(6-2)23(31)15-8-10-17(11-9-15)36(32,33)26-21(29)16-12-18(34-4)20(24-13-16)22(30)25-14-19(28)35-7-3/h8-13H,5-7,14H2,1-4H3,(H,25,30)(H,26,29). The topological polar surface area (TPSA) is 161 Å². The second kappa shape index (κ2) is 12.6. The number of aromatic nitrogens is 1. The van der Waals surface area contributed by atoms with Crippen molar-refractivity contribution in [2.45, 2.75) is 25.7 Å². The van der Waals surface area contributed by atoms with E-state index in [0.29, 0.717) is 18.7 Å². The van der Waals surface area contributed by atoms with Crippen LogP contribution in [0.15, 0.2) is 41.4 Å². The lowest BCUT2D eigenvalue weighted by Crippen LogP contribution is -2.32. The van der Waals surface area contributed by atoms with Crippen molar-refractivity contribution in [3.63, 3.8) is 0 Å². The van der Waals surface area contributed by atoms with Crippen LogP contribution in [0.1, 0.15) is 52.0 Å². The third kappa shape index (κ3) is 7.01. The monoisotopic (exact) mass is 520 g/mol. The lowest BCUT2D eigenvalue weighted by atomic mass is 10.2. The van der Waals surface area contributed by atoms with Crippen LogP contribution >= 0.6 is 0 Å². The fourth-order valence-corrected chi connectivity index (χ4v) is 4.03. The lowest BCUT2D eigenvalue weighted by molar-refractivity contribution is -0.141. The second-order valence-electron chi connectivity index (χ2n) is 7.20. The zero-order valence-electron chi connectivity index (χ0n) is 20.4. The predicted octanol–water partition coefficient (Wildman–Crippen LogP) is 0.984. The maximum absolute atomic E-state index is 12.7. The van der Waals surface area contributed by atoms with E-state index in [1.807, 2.05) is 18.6 Å². The Labute approximate surface area is 209 Å². The Morgan fingerprint density at radius 3 is 2.17 bits per heavy atom. The van der Waals surface area contributed by atoms with Gasteiger partial charge in [0.15, 0.2) is 11.4 Å². The van der Waals surface area contributed by atoms with Crippen LogP contribution in [-0.2, 0) is 19.6 Å². The average Bonchev–Trinajstić information content (AvgIpc) is 2.87. The summed E-state index contributed by atoms with van der Waals surface area (Å²) in [4.78, 5) is 54.0. The SMILES string of the molecule is CCOC(=O)CNC(=O)c1ncc(C(=O)NS(=O)(=O)c2ccc(C(=O)N(CC)CC)cc2)cc1OC. The van der Waals surface area contributed by atoms with Crippen LogP contribution < -0.4 is 14.8 Å². The molecular weight excluding hydrogens is 492 g/mol. The number of carbonyl (C=O) groups is 4. The summed E-state index contributed by atoms with van der Waals surface area (Å²) in [6, 6.07) is 6.33. The van der Waals surface area contributed by atoms with Gasteiger partial charge in [0.25, 0.3) is 27.7 Å². The van der Waals surface area contributed by atoms with Gasteiger partial charge in [0.05, 0.1) is 24.2 Å². The van der Waals surface area contributed by atoms with Crippen molar-refractivity contribution >= 4 is 33.7 Å². The zero-order chi connectivity index (χ0) is 26.9. The Bertz CT molecular complexity index is 1230. The van der Waals surface area contributed by atoms with Crippen molar-refractivity contribution in [2.24, 2.45) is 0 Å². The largest absolute Gasteiger partial charge is 0.494 e. The van der Waals surface area contributed by atoms with E-state index in [1.54, 1.807) is 11.8 Å². The van der Waals surface area contributed by atoms with E-state index < -0.39 is 34.4 Å². The summed E-state index contributed by atoms with van der Waals surface area (Å²) in [6.45, 7) is 6.07. The van der Waals surface area contributed by atoms with Gasteiger partial charge in [-0.3, -0.25) is 19.2 Å². The molecule has 2 aromatic rings. The highest BCUT2D eigenvalue weighted by Crippen LogP contribution is 2.19. The van der Waals surface area contributed by atoms with Crippen LogP contribution in [-0.4, -0.2) is 75.3 Å². The minimum Gasteiger partial charge on any atom is -0.494 e. The highest BCUT2D eigenvalue weighted by Gasteiger charge is 2.23. The summed E-state index contributed by atoms with van der Waals surface area (Å²) < 4.78 is 37.1. The van der Waals surface area contributed by atoms with E-state index in [2.05, 4.69) is 10.3 Å². The van der Waals surface area contributed by atoms with Gasteiger partial charge in [0.1, 0.15) is 6.54 Å². The minimum absolute atomic E-state index is 0.110. The molecule has 1 aromatic carbocycles. The molecule has 36 heavy (non-hydrogen) atoms. The summed E-state index contributed by atoms with van der Waals surface area (Å²) >= 11 is 0. The molecule has 2 N–H and O–H groups in total. The molecule has 3 amide bonds. The van der Waals surface area contributed by atoms with Crippen LogP contribution in [0.4, 0.5) is 0 Å². The summed E-state index contributed by atoms with van der Waals surface area (Å²) in [5.41, 5.74) is -0.0879. The lowest BCUT2D eigenvalue weighted by Gasteiger charge is -2.18.